The summed E-state index contributed by atoms with van der Waals surface area (Å²) >= 11 is 0. The number of urea groups is 1. The van der Waals surface area contributed by atoms with Gasteiger partial charge in [0.05, 0.1) is 5.92 Å². The number of likely N-dealkylation sites (tertiary alicyclic amines) is 2. The minimum absolute atomic E-state index is 0.0709. The number of carboxylic acid groups (broad SMARTS) is 1. The minimum atomic E-state index is -0.826. The predicted molar refractivity (Wildman–Crippen MR) is 75.4 cm³/mol. The van der Waals surface area contributed by atoms with Gasteiger partial charge in [0.25, 0.3) is 0 Å². The van der Waals surface area contributed by atoms with Crippen molar-refractivity contribution < 1.29 is 19.5 Å². The van der Waals surface area contributed by atoms with E-state index in [9.17, 15) is 14.4 Å². The topological polar surface area (TPSA) is 104 Å². The van der Waals surface area contributed by atoms with E-state index in [1.807, 2.05) is 0 Å². The van der Waals surface area contributed by atoms with Crippen LogP contribution in [0.25, 0.3) is 0 Å². The smallest absolute Gasteiger partial charge is 0.320 e. The largest absolute Gasteiger partial charge is 0.481 e. The molecule has 0 aromatic heterocycles. The fraction of sp³-hybridized carbons (Fsp3) is 0.786. The van der Waals surface area contributed by atoms with Crippen LogP contribution in [0.5, 0.6) is 0 Å². The highest BCUT2D eigenvalue weighted by Crippen LogP contribution is 2.23. The monoisotopic (exact) mass is 297 g/mol. The summed E-state index contributed by atoms with van der Waals surface area (Å²) in [5, 5.41) is 9.07. The summed E-state index contributed by atoms with van der Waals surface area (Å²) in [6, 6.07) is -0.0709. The lowest BCUT2D eigenvalue weighted by Crippen LogP contribution is -2.51. The van der Waals surface area contributed by atoms with E-state index in [-0.39, 0.29) is 17.9 Å². The van der Waals surface area contributed by atoms with Crippen LogP contribution in [0.3, 0.4) is 0 Å². The number of aliphatic carboxylic acids is 1. The van der Waals surface area contributed by atoms with Crippen molar-refractivity contribution in [3.8, 4) is 0 Å². The van der Waals surface area contributed by atoms with Crippen molar-refractivity contribution in [3.63, 3.8) is 0 Å². The molecule has 2 aliphatic rings. The molecule has 0 spiro atoms. The fourth-order valence-corrected chi connectivity index (χ4v) is 3.17. The van der Waals surface area contributed by atoms with Gasteiger partial charge in [-0.3, -0.25) is 9.59 Å². The van der Waals surface area contributed by atoms with E-state index in [4.69, 9.17) is 10.8 Å². The van der Waals surface area contributed by atoms with Crippen LogP contribution >= 0.6 is 0 Å². The predicted octanol–water partition coefficient (Wildman–Crippen LogP) is 0.490. The number of carboxylic acids is 1. The van der Waals surface area contributed by atoms with Crippen LogP contribution in [-0.2, 0) is 9.59 Å². The Balaban J connectivity index is 1.84. The van der Waals surface area contributed by atoms with Gasteiger partial charge in [-0.25, -0.2) is 4.79 Å². The number of amides is 3. The standard InChI is InChI=1S/C14H23N3O4/c15-12(18)8-10-3-6-16(7-4-10)14(21)17-5-1-2-11(9-17)13(19)20/h10-11H,1-9H2,(H2,15,18)(H,19,20). The van der Waals surface area contributed by atoms with Crippen LogP contribution in [0.4, 0.5) is 4.79 Å². The van der Waals surface area contributed by atoms with Crippen molar-refractivity contribution in [3.05, 3.63) is 0 Å². The molecule has 0 saturated carbocycles. The summed E-state index contributed by atoms with van der Waals surface area (Å²) in [5.74, 6) is -1.30. The second-order valence-electron chi connectivity index (χ2n) is 6.01. The highest BCUT2D eigenvalue weighted by Gasteiger charge is 2.32. The van der Waals surface area contributed by atoms with Gasteiger partial charge in [0.2, 0.25) is 5.91 Å². The van der Waals surface area contributed by atoms with E-state index in [1.54, 1.807) is 9.80 Å². The quantitative estimate of drug-likeness (QED) is 0.791. The average molecular weight is 297 g/mol. The van der Waals surface area contributed by atoms with Crippen molar-refractivity contribution in [2.24, 2.45) is 17.6 Å². The van der Waals surface area contributed by atoms with E-state index >= 15 is 0 Å². The maximum Gasteiger partial charge on any atom is 0.320 e. The third kappa shape index (κ3) is 4.09. The molecule has 0 radical (unpaired) electrons. The first kappa shape index (κ1) is 15.6. The third-order valence-corrected chi connectivity index (χ3v) is 4.42. The van der Waals surface area contributed by atoms with Crippen LogP contribution < -0.4 is 5.73 Å². The summed E-state index contributed by atoms with van der Waals surface area (Å²) in [6.45, 7) is 2.16. The fourth-order valence-electron chi connectivity index (χ4n) is 3.17. The number of primary amides is 1. The first-order chi connectivity index (χ1) is 9.97. The SMILES string of the molecule is NC(=O)CC1CCN(C(=O)N2CCCC(C(=O)O)C2)CC1. The highest BCUT2D eigenvalue weighted by molar-refractivity contribution is 5.77. The number of carbonyl (C=O) groups is 3. The molecule has 0 bridgehead atoms. The molecule has 2 fully saturated rings. The molecule has 1 unspecified atom stereocenters. The lowest BCUT2D eigenvalue weighted by Gasteiger charge is -2.38. The number of hydrogen-bond donors (Lipinski definition) is 2. The molecule has 2 rings (SSSR count). The summed E-state index contributed by atoms with van der Waals surface area (Å²) in [7, 11) is 0. The maximum atomic E-state index is 12.4. The summed E-state index contributed by atoms with van der Waals surface area (Å²) in [5.41, 5.74) is 5.19. The van der Waals surface area contributed by atoms with E-state index in [0.717, 1.165) is 19.3 Å². The van der Waals surface area contributed by atoms with E-state index in [0.29, 0.717) is 39.0 Å². The molecule has 7 heteroatoms. The molecule has 2 heterocycles. The number of nitrogens with zero attached hydrogens (tertiary/aromatic N) is 2. The Hall–Kier alpha value is -1.79. The molecule has 3 N–H and O–H groups in total. The molecule has 3 amide bonds. The van der Waals surface area contributed by atoms with Gasteiger partial charge >= 0.3 is 12.0 Å². The van der Waals surface area contributed by atoms with Gasteiger partial charge in [-0.05, 0) is 31.6 Å². The average Bonchev–Trinajstić information content (AvgIpc) is 2.47. The Bertz CT molecular complexity index is 418. The minimum Gasteiger partial charge on any atom is -0.481 e. The molecule has 2 saturated heterocycles. The van der Waals surface area contributed by atoms with Crippen molar-refractivity contribution in [1.82, 2.24) is 9.80 Å². The molecule has 0 aliphatic carbocycles. The number of carbonyl (C=O) groups excluding carboxylic acids is 2. The summed E-state index contributed by atoms with van der Waals surface area (Å²) in [6.07, 6.45) is 3.32. The highest BCUT2D eigenvalue weighted by atomic mass is 16.4. The van der Waals surface area contributed by atoms with Gasteiger partial charge in [0.1, 0.15) is 0 Å². The summed E-state index contributed by atoms with van der Waals surface area (Å²) < 4.78 is 0. The zero-order valence-electron chi connectivity index (χ0n) is 12.2. The van der Waals surface area contributed by atoms with Crippen LogP contribution in [0.15, 0.2) is 0 Å². The van der Waals surface area contributed by atoms with Crippen LogP contribution in [0, 0.1) is 11.8 Å². The van der Waals surface area contributed by atoms with E-state index in [2.05, 4.69) is 0 Å². The molecule has 1 atom stereocenters. The lowest BCUT2D eigenvalue weighted by atomic mass is 9.93. The molecular formula is C14H23N3O4. The Morgan fingerprint density at radius 2 is 1.71 bits per heavy atom. The summed E-state index contributed by atoms with van der Waals surface area (Å²) in [4.78, 5) is 37.8. The van der Waals surface area contributed by atoms with Gasteiger partial charge in [-0.1, -0.05) is 0 Å². The number of nitrogens with two attached hydrogens (primary N) is 1. The Labute approximate surface area is 124 Å². The molecular weight excluding hydrogens is 274 g/mol. The van der Waals surface area contributed by atoms with Gasteiger partial charge in [-0.15, -0.1) is 0 Å². The Morgan fingerprint density at radius 1 is 1.05 bits per heavy atom. The molecule has 7 nitrogen and oxygen atoms in total. The van der Waals surface area contributed by atoms with Crippen molar-refractivity contribution in [1.29, 1.82) is 0 Å². The number of piperidine rings is 2. The first-order valence-corrected chi connectivity index (χ1v) is 7.52. The van der Waals surface area contributed by atoms with Crippen molar-refractivity contribution in [2.45, 2.75) is 32.1 Å². The first-order valence-electron chi connectivity index (χ1n) is 7.52. The molecule has 0 aromatic carbocycles. The van der Waals surface area contributed by atoms with Gasteiger partial charge in [-0.2, -0.15) is 0 Å². The Kier molecular flexibility index (Phi) is 5.03. The molecule has 118 valence electrons. The molecule has 21 heavy (non-hydrogen) atoms. The van der Waals surface area contributed by atoms with Gasteiger partial charge in [0.15, 0.2) is 0 Å². The second-order valence-corrected chi connectivity index (χ2v) is 6.01. The molecule has 0 aromatic rings. The van der Waals surface area contributed by atoms with Crippen molar-refractivity contribution >= 4 is 17.9 Å². The second kappa shape index (κ2) is 6.78. The van der Waals surface area contributed by atoms with E-state index < -0.39 is 11.9 Å². The van der Waals surface area contributed by atoms with Crippen molar-refractivity contribution in [2.75, 3.05) is 26.2 Å². The van der Waals surface area contributed by atoms with Gasteiger partial charge in [0, 0.05) is 32.6 Å². The van der Waals surface area contributed by atoms with Crippen LogP contribution in [0.1, 0.15) is 32.1 Å². The number of rotatable bonds is 3. The normalized spacial score (nSPS) is 23.9. The van der Waals surface area contributed by atoms with E-state index in [1.165, 1.54) is 0 Å². The Morgan fingerprint density at radius 3 is 2.29 bits per heavy atom. The zero-order chi connectivity index (χ0) is 15.4. The zero-order valence-corrected chi connectivity index (χ0v) is 12.2. The maximum absolute atomic E-state index is 12.4. The molecule has 2 aliphatic heterocycles. The number of hydrogen-bond acceptors (Lipinski definition) is 3. The van der Waals surface area contributed by atoms with Gasteiger partial charge < -0.3 is 20.6 Å². The third-order valence-electron chi connectivity index (χ3n) is 4.42. The van der Waals surface area contributed by atoms with Crippen LogP contribution in [0.2, 0.25) is 0 Å². The van der Waals surface area contributed by atoms with Crippen LogP contribution in [-0.4, -0.2) is 59.0 Å². The lowest BCUT2D eigenvalue weighted by molar-refractivity contribution is -0.143.